The molecule has 0 N–H and O–H groups in total. The van der Waals surface area contributed by atoms with Crippen molar-refractivity contribution < 1.29 is 45.7 Å². The highest BCUT2D eigenvalue weighted by molar-refractivity contribution is 6.07. The van der Waals surface area contributed by atoms with Crippen LogP contribution in [-0.2, 0) is 14.3 Å². The molecule has 0 unspecified atom stereocenters. The van der Waals surface area contributed by atoms with Crippen molar-refractivity contribution in [2.24, 2.45) is 0 Å². The number of halogens is 1. The summed E-state index contributed by atoms with van der Waals surface area (Å²) in [6.07, 6.45) is -1.11. The summed E-state index contributed by atoms with van der Waals surface area (Å²) in [5.74, 6) is -5.41. The molecule has 10 nitrogen and oxygen atoms in total. The summed E-state index contributed by atoms with van der Waals surface area (Å²) in [5.41, 5.74) is -2.88. The second-order valence-corrected chi connectivity index (χ2v) is 10.8. The van der Waals surface area contributed by atoms with Crippen molar-refractivity contribution in [1.29, 1.82) is 0 Å². The van der Waals surface area contributed by atoms with E-state index in [0.29, 0.717) is 10.5 Å². The predicted molar refractivity (Wildman–Crippen MR) is 148 cm³/mol. The van der Waals surface area contributed by atoms with Gasteiger partial charge in [0.25, 0.3) is 11.8 Å². The van der Waals surface area contributed by atoms with Crippen molar-refractivity contribution >= 4 is 34.8 Å². The Morgan fingerprint density at radius 1 is 1.17 bits per heavy atom. The lowest BCUT2D eigenvalue weighted by Crippen LogP contribution is -2.64. The second-order valence-electron chi connectivity index (χ2n) is 10.8. The summed E-state index contributed by atoms with van der Waals surface area (Å²) in [5, 5.41) is 0.0181. The number of likely N-dealkylation sites (N-methyl/N-ethyl adjacent to an activating group) is 1. The molecule has 1 aromatic heterocycles. The molecule has 1 aliphatic heterocycles. The molecule has 0 saturated heterocycles. The van der Waals surface area contributed by atoms with Gasteiger partial charge in [0.05, 0.1) is 11.4 Å². The molecule has 3 aromatic rings. The minimum atomic E-state index is -3.47. The van der Waals surface area contributed by atoms with Crippen LogP contribution < -0.4 is 4.74 Å². The molecule has 218 valence electrons. The first-order valence-corrected chi connectivity index (χ1v) is 12.7. The van der Waals surface area contributed by atoms with Crippen LogP contribution in [-0.4, -0.2) is 76.8 Å². The highest BCUT2D eigenvalue weighted by atomic mass is 19.1. The number of carbonyl (C=O) groups is 4. The molecule has 0 radical (unpaired) electrons. The predicted octanol–water partition coefficient (Wildman–Crippen LogP) is 4.78. The third-order valence-electron chi connectivity index (χ3n) is 6.62. The van der Waals surface area contributed by atoms with Crippen LogP contribution in [0.3, 0.4) is 0 Å². The molecule has 2 atom stereocenters. The number of carbonyl (C=O) groups excluding carboxylic acids is 4. The number of fused-ring (bicyclic) bond motifs is 3. The molecule has 2 heterocycles. The highest BCUT2D eigenvalue weighted by Gasteiger charge is 2.53. The lowest BCUT2D eigenvalue weighted by molar-refractivity contribution is -0.146. The van der Waals surface area contributed by atoms with Crippen LogP contribution in [0.25, 0.3) is 11.0 Å². The first kappa shape index (κ1) is 22.3. The lowest BCUT2D eigenvalue weighted by Gasteiger charge is -2.41. The van der Waals surface area contributed by atoms with Crippen molar-refractivity contribution in [1.82, 2.24) is 14.7 Å². The van der Waals surface area contributed by atoms with Crippen molar-refractivity contribution in [2.75, 3.05) is 27.1 Å². The third-order valence-corrected chi connectivity index (χ3v) is 6.62. The molecular weight excluding hydrogens is 533 g/mol. The van der Waals surface area contributed by atoms with E-state index in [-0.39, 0.29) is 21.6 Å². The molecule has 0 spiro atoms. The number of benzene rings is 2. The fourth-order valence-corrected chi connectivity index (χ4v) is 4.47. The molecule has 0 fully saturated rings. The van der Waals surface area contributed by atoms with E-state index in [0.717, 1.165) is 17.0 Å². The summed E-state index contributed by atoms with van der Waals surface area (Å²) in [7, 11) is 0. The zero-order valence-electron chi connectivity index (χ0n) is 29.2. The van der Waals surface area contributed by atoms with Gasteiger partial charge in [0.2, 0.25) is 11.7 Å². The van der Waals surface area contributed by atoms with Gasteiger partial charge in [0, 0.05) is 22.2 Å². The lowest BCUT2D eigenvalue weighted by atomic mass is 9.96. The number of hydrogen-bond acceptors (Lipinski definition) is 7. The van der Waals surface area contributed by atoms with Gasteiger partial charge in [-0.15, -0.1) is 0 Å². The quantitative estimate of drug-likeness (QED) is 0.432. The first-order valence-electron chi connectivity index (χ1n) is 15.7. The van der Waals surface area contributed by atoms with Gasteiger partial charge in [-0.05, 0) is 58.4 Å². The average molecular weight is 574 g/mol. The summed E-state index contributed by atoms with van der Waals surface area (Å²) in [6.45, 7) is -1.55. The SMILES string of the molecule is [2H]C([2H])([2H])N(C(=O)CN1C(=O)c2oc3ccc(F)cc3c2OC[C@]1(C)C(=O)N(C(=O)OC(C)(C)C)[C@@H](C)c1ccccc1)C([2H])([2H])[2H]. The number of nitrogens with zero attached hydrogens (tertiary/aromatic N) is 3. The Kier molecular flexibility index (Phi) is 5.91. The number of furan rings is 1. The maximum absolute atomic E-state index is 14.7. The van der Waals surface area contributed by atoms with Crippen molar-refractivity contribution in [3.05, 3.63) is 65.7 Å². The van der Waals surface area contributed by atoms with Gasteiger partial charge < -0.3 is 23.7 Å². The molecule has 0 aliphatic carbocycles. The Hall–Kier alpha value is -4.41. The maximum atomic E-state index is 14.7. The number of imide groups is 1. The molecule has 0 bridgehead atoms. The normalized spacial score (nSPS) is 20.5. The van der Waals surface area contributed by atoms with Crippen LogP contribution in [0.5, 0.6) is 5.75 Å². The largest absolute Gasteiger partial charge is 0.486 e. The number of ether oxygens (including phenoxy) is 2. The Balaban J connectivity index is 1.91. The van der Waals surface area contributed by atoms with E-state index in [1.807, 2.05) is 0 Å². The van der Waals surface area contributed by atoms with Crippen LogP contribution in [0.15, 0.2) is 52.9 Å². The molecule has 1 aliphatic rings. The van der Waals surface area contributed by atoms with E-state index in [4.69, 9.17) is 22.1 Å². The van der Waals surface area contributed by atoms with Crippen LogP contribution in [0.1, 0.15) is 65.0 Å². The van der Waals surface area contributed by atoms with Gasteiger partial charge in [-0.2, -0.15) is 0 Å². The van der Waals surface area contributed by atoms with Crippen molar-refractivity contribution in [3.63, 3.8) is 0 Å². The van der Waals surface area contributed by atoms with Crippen LogP contribution in [0.2, 0.25) is 0 Å². The van der Waals surface area contributed by atoms with Gasteiger partial charge >= 0.3 is 6.09 Å². The van der Waals surface area contributed by atoms with Gasteiger partial charge in [0.1, 0.15) is 30.2 Å². The smallest absolute Gasteiger partial charge is 0.417 e. The molecule has 4 rings (SSSR count). The van der Waals surface area contributed by atoms with Crippen LogP contribution >= 0.6 is 0 Å². The second kappa shape index (κ2) is 10.9. The number of rotatable bonds is 5. The topological polar surface area (TPSA) is 110 Å². The van der Waals surface area contributed by atoms with E-state index in [1.54, 1.807) is 51.1 Å². The minimum Gasteiger partial charge on any atom is -0.486 e. The maximum Gasteiger partial charge on any atom is 0.417 e. The van der Waals surface area contributed by atoms with E-state index >= 15 is 0 Å². The van der Waals surface area contributed by atoms with Crippen LogP contribution in [0, 0.1) is 5.82 Å². The fourth-order valence-electron chi connectivity index (χ4n) is 4.47. The minimum absolute atomic E-state index is 0.0181. The zero-order valence-corrected chi connectivity index (χ0v) is 23.2. The van der Waals surface area contributed by atoms with Gasteiger partial charge in [-0.3, -0.25) is 14.4 Å². The molecule has 4 amide bonds. The summed E-state index contributed by atoms with van der Waals surface area (Å²) in [6, 6.07) is 10.7. The number of hydrogen-bond donors (Lipinski definition) is 0. The summed E-state index contributed by atoms with van der Waals surface area (Å²) in [4.78, 5) is 57.2. The molecule has 2 aromatic carbocycles. The fraction of sp³-hybridized carbons (Fsp3) is 0.400. The van der Waals surface area contributed by atoms with Gasteiger partial charge in [-0.1, -0.05) is 30.3 Å². The molecular formula is C30H34FN3O7. The third kappa shape index (κ3) is 5.75. The van der Waals surface area contributed by atoms with Crippen LogP contribution in [0.4, 0.5) is 9.18 Å². The van der Waals surface area contributed by atoms with E-state index in [2.05, 4.69) is 0 Å². The van der Waals surface area contributed by atoms with Crippen molar-refractivity contribution in [3.8, 4) is 5.75 Å². The Morgan fingerprint density at radius 3 is 2.49 bits per heavy atom. The van der Waals surface area contributed by atoms with E-state index in [9.17, 15) is 23.6 Å². The standard InChI is InChI=1S/C30H34FN3O7/c1-18(19-11-9-8-10-12-19)34(28(38)41-29(2,3)4)27(37)30(5)17-39-24-21-15-20(31)13-14-22(21)40-25(24)26(36)33(30)16-23(35)32(6)7/h8-15,18H,16-17H2,1-7H3/t18-,30+/m0/s1/i6D3,7D3. The average Bonchev–Trinajstić information content (AvgIpc) is 3.25. The monoisotopic (exact) mass is 573 g/mol. The first-order chi connectivity index (χ1) is 21.6. The molecule has 0 saturated carbocycles. The zero-order chi connectivity index (χ0) is 35.3. The molecule has 11 heteroatoms. The van der Waals surface area contributed by atoms with Gasteiger partial charge in [-0.25, -0.2) is 14.1 Å². The van der Waals surface area contributed by atoms with E-state index in [1.165, 1.54) is 19.9 Å². The number of amides is 4. The van der Waals surface area contributed by atoms with Gasteiger partial charge in [0.15, 0.2) is 11.3 Å². The van der Waals surface area contributed by atoms with Crippen molar-refractivity contribution in [2.45, 2.75) is 51.8 Å². The Bertz CT molecular complexity index is 1690. The highest BCUT2D eigenvalue weighted by Crippen LogP contribution is 2.40. The summed E-state index contributed by atoms with van der Waals surface area (Å²) < 4.78 is 77.6. The van der Waals surface area contributed by atoms with E-state index < -0.39 is 79.7 Å². The Labute approximate surface area is 246 Å². The molecule has 41 heavy (non-hydrogen) atoms. The summed E-state index contributed by atoms with van der Waals surface area (Å²) >= 11 is 0. The Morgan fingerprint density at radius 2 is 1.85 bits per heavy atom.